The zero-order chi connectivity index (χ0) is 15.6. The Kier molecular flexibility index (Phi) is 4.26. The van der Waals surface area contributed by atoms with E-state index in [-0.39, 0.29) is 5.97 Å². The number of ether oxygens (including phenoxy) is 1. The zero-order valence-electron chi connectivity index (χ0n) is 13.1. The number of carbonyl (C=O) groups is 1. The van der Waals surface area contributed by atoms with E-state index in [1.54, 1.807) is 6.07 Å². The molecular weight excluding hydrogens is 264 g/mol. The lowest BCUT2D eigenvalue weighted by atomic mass is 10.1. The molecule has 0 fully saturated rings. The first-order chi connectivity index (χ1) is 9.95. The van der Waals surface area contributed by atoms with E-state index < -0.39 is 0 Å². The van der Waals surface area contributed by atoms with Crippen LogP contribution in [-0.4, -0.2) is 23.9 Å². The fourth-order valence-electron chi connectivity index (χ4n) is 2.25. The number of hydrogen-bond acceptors (Lipinski definition) is 3. The first-order valence-corrected chi connectivity index (χ1v) is 6.80. The molecule has 0 bridgehead atoms. The van der Waals surface area contributed by atoms with E-state index in [1.165, 1.54) is 12.8 Å². The van der Waals surface area contributed by atoms with Crippen LogP contribution < -0.4 is 0 Å². The molecule has 0 saturated heterocycles. The molecule has 2 aromatic rings. The molecule has 0 N–H and O–H groups in total. The van der Waals surface area contributed by atoms with Gasteiger partial charge in [0.05, 0.1) is 18.4 Å². The second-order valence-corrected chi connectivity index (χ2v) is 5.08. The van der Waals surface area contributed by atoms with Crippen LogP contribution in [0, 0.1) is 20.8 Å². The number of aliphatic imine (C=N–C) groups is 1. The van der Waals surface area contributed by atoms with Crippen molar-refractivity contribution in [3.63, 3.8) is 0 Å². The summed E-state index contributed by atoms with van der Waals surface area (Å²) in [6, 6.07) is 7.55. The number of aryl methyl sites for hydroxylation is 1. The summed E-state index contributed by atoms with van der Waals surface area (Å²) in [6.45, 7) is 6.00. The maximum absolute atomic E-state index is 11.7. The van der Waals surface area contributed by atoms with Gasteiger partial charge in [0.1, 0.15) is 0 Å². The van der Waals surface area contributed by atoms with Crippen LogP contribution >= 0.6 is 0 Å². The lowest BCUT2D eigenvalue weighted by Crippen LogP contribution is -2.03. The molecule has 2 rings (SSSR count). The standard InChI is InChI=1S/C17H20N2O2/c1-11-9-14(13(3)19(11)4)10-18-16-8-6-7-15(12(16)2)17(20)21-5/h6-10H,1-5H3. The van der Waals surface area contributed by atoms with Crippen LogP contribution in [0.5, 0.6) is 0 Å². The number of rotatable bonds is 3. The highest BCUT2D eigenvalue weighted by Gasteiger charge is 2.11. The van der Waals surface area contributed by atoms with Crippen LogP contribution in [0.2, 0.25) is 0 Å². The van der Waals surface area contributed by atoms with Crippen molar-refractivity contribution in [2.24, 2.45) is 12.0 Å². The molecule has 4 nitrogen and oxygen atoms in total. The summed E-state index contributed by atoms with van der Waals surface area (Å²) in [7, 11) is 3.42. The Morgan fingerprint density at radius 1 is 1.29 bits per heavy atom. The zero-order valence-corrected chi connectivity index (χ0v) is 13.1. The number of esters is 1. The molecule has 0 atom stereocenters. The Balaban J connectivity index is 2.37. The molecule has 4 heteroatoms. The van der Waals surface area contributed by atoms with Crippen LogP contribution in [0.3, 0.4) is 0 Å². The smallest absolute Gasteiger partial charge is 0.338 e. The second-order valence-electron chi connectivity index (χ2n) is 5.08. The van der Waals surface area contributed by atoms with Crippen molar-refractivity contribution in [1.29, 1.82) is 0 Å². The van der Waals surface area contributed by atoms with Crippen molar-refractivity contribution in [1.82, 2.24) is 4.57 Å². The molecule has 1 aromatic heterocycles. The van der Waals surface area contributed by atoms with Gasteiger partial charge in [0.25, 0.3) is 0 Å². The molecule has 0 aliphatic rings. The van der Waals surface area contributed by atoms with Crippen molar-refractivity contribution in [2.75, 3.05) is 7.11 Å². The highest BCUT2D eigenvalue weighted by atomic mass is 16.5. The maximum atomic E-state index is 11.7. The summed E-state index contributed by atoms with van der Waals surface area (Å²) in [5, 5.41) is 0. The Bertz CT molecular complexity index is 712. The second kappa shape index (κ2) is 5.95. The van der Waals surface area contributed by atoms with Gasteiger partial charge in [-0.2, -0.15) is 0 Å². The highest BCUT2D eigenvalue weighted by molar-refractivity contribution is 5.93. The van der Waals surface area contributed by atoms with Gasteiger partial charge in [0.2, 0.25) is 0 Å². The monoisotopic (exact) mass is 284 g/mol. The third-order valence-corrected chi connectivity index (χ3v) is 3.87. The Morgan fingerprint density at radius 2 is 2.00 bits per heavy atom. The van der Waals surface area contributed by atoms with E-state index in [2.05, 4.69) is 29.5 Å². The van der Waals surface area contributed by atoms with E-state index in [9.17, 15) is 4.79 Å². The first kappa shape index (κ1) is 15.0. The average Bonchev–Trinajstić information content (AvgIpc) is 2.72. The third-order valence-electron chi connectivity index (χ3n) is 3.87. The molecule has 0 saturated carbocycles. The number of carbonyl (C=O) groups excluding carboxylic acids is 1. The normalized spacial score (nSPS) is 11.1. The summed E-state index contributed by atoms with van der Waals surface area (Å²) in [5.74, 6) is -0.337. The fourth-order valence-corrected chi connectivity index (χ4v) is 2.25. The van der Waals surface area contributed by atoms with Crippen LogP contribution in [0.15, 0.2) is 29.3 Å². The van der Waals surface area contributed by atoms with Gasteiger partial charge in [-0.1, -0.05) is 6.07 Å². The van der Waals surface area contributed by atoms with Gasteiger partial charge in [-0.3, -0.25) is 4.99 Å². The van der Waals surface area contributed by atoms with E-state index in [4.69, 9.17) is 4.74 Å². The molecule has 21 heavy (non-hydrogen) atoms. The topological polar surface area (TPSA) is 43.6 Å². The largest absolute Gasteiger partial charge is 0.465 e. The Labute approximate surface area is 125 Å². The number of hydrogen-bond donors (Lipinski definition) is 0. The highest BCUT2D eigenvalue weighted by Crippen LogP contribution is 2.23. The molecule has 0 spiro atoms. The summed E-state index contributed by atoms with van der Waals surface area (Å²) in [4.78, 5) is 16.2. The summed E-state index contributed by atoms with van der Waals surface area (Å²) >= 11 is 0. The SMILES string of the molecule is COC(=O)c1cccc(N=Cc2cc(C)n(C)c2C)c1C. The molecule has 1 heterocycles. The van der Waals surface area contributed by atoms with Crippen molar-refractivity contribution >= 4 is 17.9 Å². The van der Waals surface area contributed by atoms with E-state index >= 15 is 0 Å². The number of aromatic nitrogens is 1. The van der Waals surface area contributed by atoms with Gasteiger partial charge < -0.3 is 9.30 Å². The molecule has 0 amide bonds. The molecule has 1 aromatic carbocycles. The predicted molar refractivity (Wildman–Crippen MR) is 84.7 cm³/mol. The van der Waals surface area contributed by atoms with Gasteiger partial charge in [-0.15, -0.1) is 0 Å². The number of methoxy groups -OCH3 is 1. The third kappa shape index (κ3) is 2.89. The molecular formula is C17H20N2O2. The minimum atomic E-state index is -0.337. The molecule has 0 aliphatic carbocycles. The average molecular weight is 284 g/mol. The van der Waals surface area contributed by atoms with Crippen molar-refractivity contribution in [3.8, 4) is 0 Å². The van der Waals surface area contributed by atoms with Crippen molar-refractivity contribution < 1.29 is 9.53 Å². The minimum absolute atomic E-state index is 0.337. The van der Waals surface area contributed by atoms with Crippen LogP contribution in [0.1, 0.15) is 32.9 Å². The summed E-state index contributed by atoms with van der Waals surface area (Å²) < 4.78 is 6.90. The van der Waals surface area contributed by atoms with E-state index in [1.807, 2.05) is 32.3 Å². The van der Waals surface area contributed by atoms with Crippen LogP contribution in [-0.2, 0) is 11.8 Å². The Hall–Kier alpha value is -2.36. The molecule has 0 unspecified atom stereocenters. The summed E-state index contributed by atoms with van der Waals surface area (Å²) in [6.07, 6.45) is 1.84. The quantitative estimate of drug-likeness (QED) is 0.639. The van der Waals surface area contributed by atoms with Gasteiger partial charge in [0.15, 0.2) is 0 Å². The van der Waals surface area contributed by atoms with E-state index in [0.717, 1.165) is 22.5 Å². The number of benzene rings is 1. The maximum Gasteiger partial charge on any atom is 0.338 e. The molecule has 110 valence electrons. The lowest BCUT2D eigenvalue weighted by Gasteiger charge is -2.06. The van der Waals surface area contributed by atoms with Gasteiger partial charge >= 0.3 is 5.97 Å². The minimum Gasteiger partial charge on any atom is -0.465 e. The van der Waals surface area contributed by atoms with Crippen molar-refractivity contribution in [3.05, 3.63) is 52.3 Å². The van der Waals surface area contributed by atoms with E-state index in [0.29, 0.717) is 5.56 Å². The molecule has 0 radical (unpaired) electrons. The van der Waals surface area contributed by atoms with Crippen molar-refractivity contribution in [2.45, 2.75) is 20.8 Å². The molecule has 0 aliphatic heterocycles. The predicted octanol–water partition coefficient (Wildman–Crippen LogP) is 3.49. The van der Waals surface area contributed by atoms with Gasteiger partial charge in [0, 0.05) is 30.2 Å². The van der Waals surface area contributed by atoms with Crippen LogP contribution in [0.25, 0.3) is 0 Å². The van der Waals surface area contributed by atoms with Crippen LogP contribution in [0.4, 0.5) is 5.69 Å². The van der Waals surface area contributed by atoms with Gasteiger partial charge in [-0.05, 0) is 44.5 Å². The first-order valence-electron chi connectivity index (χ1n) is 6.80. The lowest BCUT2D eigenvalue weighted by molar-refractivity contribution is 0.0600. The summed E-state index contributed by atoms with van der Waals surface area (Å²) in [5.41, 5.74) is 5.59. The number of nitrogens with zero attached hydrogens (tertiary/aromatic N) is 2. The Morgan fingerprint density at radius 3 is 2.57 bits per heavy atom. The fraction of sp³-hybridized carbons (Fsp3) is 0.294. The van der Waals surface area contributed by atoms with Gasteiger partial charge in [-0.25, -0.2) is 4.79 Å².